The summed E-state index contributed by atoms with van der Waals surface area (Å²) in [5.41, 5.74) is 1.85. The number of benzene rings is 1. The van der Waals surface area contributed by atoms with Gasteiger partial charge in [-0.15, -0.1) is 0 Å². The molecular formula is C12H7BrN4O2. The number of nitrogens with zero attached hydrogens (tertiary/aromatic N) is 3. The van der Waals surface area contributed by atoms with Crippen LogP contribution in [0.15, 0.2) is 41.0 Å². The number of fused-ring (bicyclic) bond motifs is 1. The Hall–Kier alpha value is -2.28. The number of halogens is 1. The summed E-state index contributed by atoms with van der Waals surface area (Å²) in [7, 11) is 0. The molecule has 0 aliphatic rings. The average molecular weight is 319 g/mol. The number of hydrogen-bond acceptors (Lipinski definition) is 4. The van der Waals surface area contributed by atoms with Crippen LogP contribution < -0.4 is 0 Å². The third-order valence-electron chi connectivity index (χ3n) is 2.65. The molecule has 19 heavy (non-hydrogen) atoms. The number of nitrogens with one attached hydrogen (secondary N) is 1. The van der Waals surface area contributed by atoms with Gasteiger partial charge in [-0.2, -0.15) is 0 Å². The zero-order valence-corrected chi connectivity index (χ0v) is 11.1. The summed E-state index contributed by atoms with van der Waals surface area (Å²) in [5.74, 6) is 0.635. The van der Waals surface area contributed by atoms with Crippen LogP contribution >= 0.6 is 15.9 Å². The number of rotatable bonds is 2. The molecule has 94 valence electrons. The molecular weight excluding hydrogens is 312 g/mol. The van der Waals surface area contributed by atoms with Crippen molar-refractivity contribution in [3.05, 3.63) is 51.1 Å². The lowest BCUT2D eigenvalue weighted by Gasteiger charge is -1.95. The van der Waals surface area contributed by atoms with Gasteiger partial charge in [-0.1, -0.05) is 28.1 Å². The zero-order chi connectivity index (χ0) is 13.4. The predicted octanol–water partition coefficient (Wildman–Crippen LogP) is 3.30. The number of H-pyrrole nitrogens is 1. The molecule has 0 saturated heterocycles. The minimum atomic E-state index is -0.480. The van der Waals surface area contributed by atoms with Gasteiger partial charge in [0.15, 0.2) is 5.65 Å². The van der Waals surface area contributed by atoms with Gasteiger partial charge in [0.05, 0.1) is 10.4 Å². The van der Waals surface area contributed by atoms with E-state index in [1.165, 1.54) is 12.3 Å². The molecule has 0 spiro atoms. The number of hydrogen-bond donors (Lipinski definition) is 1. The number of imidazole rings is 1. The Labute approximate surface area is 115 Å². The van der Waals surface area contributed by atoms with E-state index in [0.29, 0.717) is 17.0 Å². The van der Waals surface area contributed by atoms with Crippen molar-refractivity contribution in [1.82, 2.24) is 15.0 Å². The Kier molecular flexibility index (Phi) is 2.75. The van der Waals surface area contributed by atoms with Crippen molar-refractivity contribution in [3.8, 4) is 11.4 Å². The van der Waals surface area contributed by atoms with Gasteiger partial charge in [0.2, 0.25) is 0 Å². The fraction of sp³-hybridized carbons (Fsp3) is 0. The van der Waals surface area contributed by atoms with Crippen molar-refractivity contribution in [2.24, 2.45) is 0 Å². The molecule has 0 aliphatic carbocycles. The van der Waals surface area contributed by atoms with Crippen LogP contribution in [0.4, 0.5) is 5.69 Å². The van der Waals surface area contributed by atoms with E-state index in [0.717, 1.165) is 10.0 Å². The summed E-state index contributed by atoms with van der Waals surface area (Å²) < 4.78 is 0.973. The van der Waals surface area contributed by atoms with Gasteiger partial charge in [-0.25, -0.2) is 9.97 Å². The highest BCUT2D eigenvalue weighted by atomic mass is 79.9. The molecule has 0 saturated carbocycles. The summed E-state index contributed by atoms with van der Waals surface area (Å²) in [6.45, 7) is 0. The van der Waals surface area contributed by atoms with Gasteiger partial charge < -0.3 is 4.98 Å². The Morgan fingerprint density at radius 1 is 1.26 bits per heavy atom. The molecule has 1 N–H and O–H groups in total. The lowest BCUT2D eigenvalue weighted by Crippen LogP contribution is -1.88. The van der Waals surface area contributed by atoms with Crippen LogP contribution in [0.1, 0.15) is 0 Å². The maximum atomic E-state index is 10.7. The number of aromatic amines is 1. The van der Waals surface area contributed by atoms with Crippen molar-refractivity contribution in [2.75, 3.05) is 0 Å². The van der Waals surface area contributed by atoms with Crippen LogP contribution in [0.25, 0.3) is 22.6 Å². The third kappa shape index (κ3) is 2.19. The van der Waals surface area contributed by atoms with Crippen LogP contribution in [-0.2, 0) is 0 Å². The van der Waals surface area contributed by atoms with E-state index in [1.807, 2.05) is 24.3 Å². The quantitative estimate of drug-likeness (QED) is 0.580. The molecule has 0 aliphatic heterocycles. The third-order valence-corrected chi connectivity index (χ3v) is 3.18. The van der Waals surface area contributed by atoms with E-state index in [9.17, 15) is 10.1 Å². The molecule has 7 heteroatoms. The highest BCUT2D eigenvalue weighted by Crippen LogP contribution is 2.23. The van der Waals surface area contributed by atoms with Gasteiger partial charge in [0, 0.05) is 16.1 Å². The fourth-order valence-electron chi connectivity index (χ4n) is 1.73. The minimum absolute atomic E-state index is 0.0569. The number of aromatic nitrogens is 3. The molecule has 3 aromatic rings. The first kappa shape index (κ1) is 11.8. The minimum Gasteiger partial charge on any atom is -0.336 e. The van der Waals surface area contributed by atoms with Gasteiger partial charge in [0.25, 0.3) is 5.69 Å². The molecule has 0 bridgehead atoms. The second-order valence-electron chi connectivity index (χ2n) is 3.91. The van der Waals surface area contributed by atoms with Crippen molar-refractivity contribution in [3.63, 3.8) is 0 Å². The fourth-order valence-corrected chi connectivity index (χ4v) is 2.00. The van der Waals surface area contributed by atoms with Crippen LogP contribution in [0.3, 0.4) is 0 Å². The molecule has 0 unspecified atom stereocenters. The monoisotopic (exact) mass is 318 g/mol. The van der Waals surface area contributed by atoms with Crippen molar-refractivity contribution < 1.29 is 4.92 Å². The predicted molar refractivity (Wildman–Crippen MR) is 73.7 cm³/mol. The lowest BCUT2D eigenvalue weighted by molar-refractivity contribution is -0.385. The smallest absolute Gasteiger partial charge is 0.289 e. The molecule has 6 nitrogen and oxygen atoms in total. The summed E-state index contributed by atoms with van der Waals surface area (Å²) in [6, 6.07) is 9.03. The van der Waals surface area contributed by atoms with Crippen LogP contribution in [0.5, 0.6) is 0 Å². The molecule has 1 aromatic carbocycles. The molecule has 2 heterocycles. The van der Waals surface area contributed by atoms with Crippen LogP contribution in [0, 0.1) is 10.1 Å². The van der Waals surface area contributed by atoms with Crippen molar-refractivity contribution in [1.29, 1.82) is 0 Å². The Balaban J connectivity index is 2.11. The number of pyridine rings is 1. The summed E-state index contributed by atoms with van der Waals surface area (Å²) >= 11 is 3.36. The molecule has 0 radical (unpaired) electrons. The average Bonchev–Trinajstić information content (AvgIpc) is 2.82. The second kappa shape index (κ2) is 4.43. The normalized spacial score (nSPS) is 10.8. The van der Waals surface area contributed by atoms with Gasteiger partial charge in [-0.3, -0.25) is 10.1 Å². The standard InChI is InChI=1S/C12H7BrN4O2/c13-8-3-1-7(2-4-8)11-15-10-5-9(17(18)19)6-14-12(10)16-11/h1-6H,(H,14,15,16). The van der Waals surface area contributed by atoms with Crippen molar-refractivity contribution in [2.45, 2.75) is 0 Å². The SMILES string of the molecule is O=[N+]([O-])c1cnc2nc(-c3ccc(Br)cc3)[nH]c2c1. The summed E-state index contributed by atoms with van der Waals surface area (Å²) in [4.78, 5) is 21.5. The largest absolute Gasteiger partial charge is 0.336 e. The Morgan fingerprint density at radius 2 is 2.00 bits per heavy atom. The molecule has 0 fully saturated rings. The Bertz CT molecular complexity index is 767. The van der Waals surface area contributed by atoms with Crippen molar-refractivity contribution >= 4 is 32.8 Å². The van der Waals surface area contributed by atoms with E-state index in [4.69, 9.17) is 0 Å². The Morgan fingerprint density at radius 3 is 2.68 bits per heavy atom. The van der Waals surface area contributed by atoms with Crippen LogP contribution in [0.2, 0.25) is 0 Å². The molecule has 0 atom stereocenters. The first-order chi connectivity index (χ1) is 9.13. The van der Waals surface area contributed by atoms with E-state index in [1.54, 1.807) is 0 Å². The van der Waals surface area contributed by atoms with Gasteiger partial charge in [0.1, 0.15) is 12.0 Å². The summed E-state index contributed by atoms with van der Waals surface area (Å²) in [6.07, 6.45) is 1.20. The maximum Gasteiger partial charge on any atom is 0.289 e. The van der Waals surface area contributed by atoms with E-state index < -0.39 is 4.92 Å². The highest BCUT2D eigenvalue weighted by Gasteiger charge is 2.11. The first-order valence-electron chi connectivity index (χ1n) is 5.39. The molecule has 2 aromatic heterocycles. The van der Waals surface area contributed by atoms with E-state index in [-0.39, 0.29) is 5.69 Å². The number of nitro groups is 1. The van der Waals surface area contributed by atoms with Crippen LogP contribution in [-0.4, -0.2) is 19.9 Å². The van der Waals surface area contributed by atoms with Gasteiger partial charge in [-0.05, 0) is 12.1 Å². The summed E-state index contributed by atoms with van der Waals surface area (Å²) in [5, 5.41) is 10.7. The zero-order valence-electron chi connectivity index (χ0n) is 9.50. The van der Waals surface area contributed by atoms with E-state index >= 15 is 0 Å². The second-order valence-corrected chi connectivity index (χ2v) is 4.83. The molecule has 3 rings (SSSR count). The lowest BCUT2D eigenvalue weighted by atomic mass is 10.2. The molecule has 0 amide bonds. The maximum absolute atomic E-state index is 10.7. The highest BCUT2D eigenvalue weighted by molar-refractivity contribution is 9.10. The van der Waals surface area contributed by atoms with Gasteiger partial charge >= 0.3 is 0 Å². The topological polar surface area (TPSA) is 84.7 Å². The van der Waals surface area contributed by atoms with E-state index in [2.05, 4.69) is 30.9 Å². The first-order valence-corrected chi connectivity index (χ1v) is 6.19.